The third-order valence-electron chi connectivity index (χ3n) is 4.10. The zero-order valence-electron chi connectivity index (χ0n) is 13.7. The van der Waals surface area contributed by atoms with Gasteiger partial charge in [0.25, 0.3) is 0 Å². The normalized spacial score (nSPS) is 18.2. The Morgan fingerprint density at radius 1 is 1.23 bits per heavy atom. The molecule has 0 amide bonds. The average molecular weight is 304 g/mol. The standard InChI is InChI=1S/C18H28N2O2/c1-4-18(2,3)22-15-17(21)14-19-10-12-20(13-11-19)16-8-6-5-7-9-16/h4-9,17,21H,1,10-15H2,2-3H3. The van der Waals surface area contributed by atoms with Crippen LogP contribution in [0.3, 0.4) is 0 Å². The zero-order chi connectivity index (χ0) is 16.0. The lowest BCUT2D eigenvalue weighted by atomic mass is 10.1. The highest BCUT2D eigenvalue weighted by atomic mass is 16.5. The molecule has 4 heteroatoms. The van der Waals surface area contributed by atoms with E-state index in [2.05, 4.69) is 40.6 Å². The molecule has 1 aliphatic rings. The fraction of sp³-hybridized carbons (Fsp3) is 0.556. The van der Waals surface area contributed by atoms with Gasteiger partial charge in [0, 0.05) is 38.4 Å². The Hall–Kier alpha value is -1.36. The van der Waals surface area contributed by atoms with Crippen LogP contribution in [0.4, 0.5) is 5.69 Å². The van der Waals surface area contributed by atoms with Crippen molar-refractivity contribution in [3.05, 3.63) is 43.0 Å². The predicted octanol–water partition coefficient (Wildman–Crippen LogP) is 2.15. The molecule has 4 nitrogen and oxygen atoms in total. The van der Waals surface area contributed by atoms with Crippen LogP contribution in [0.25, 0.3) is 0 Å². The van der Waals surface area contributed by atoms with Crippen LogP contribution >= 0.6 is 0 Å². The average Bonchev–Trinajstić information content (AvgIpc) is 2.55. The second-order valence-electron chi connectivity index (χ2n) is 6.40. The molecule has 0 aliphatic carbocycles. The molecule has 0 aromatic heterocycles. The summed E-state index contributed by atoms with van der Waals surface area (Å²) < 4.78 is 5.67. The minimum absolute atomic E-state index is 0.345. The second-order valence-corrected chi connectivity index (χ2v) is 6.40. The van der Waals surface area contributed by atoms with Crippen molar-refractivity contribution in [3.63, 3.8) is 0 Å². The molecule has 1 aliphatic heterocycles. The number of hydrogen-bond acceptors (Lipinski definition) is 4. The van der Waals surface area contributed by atoms with Crippen molar-refractivity contribution >= 4 is 5.69 Å². The van der Waals surface area contributed by atoms with E-state index >= 15 is 0 Å². The van der Waals surface area contributed by atoms with Crippen LogP contribution in [0.2, 0.25) is 0 Å². The molecule has 2 rings (SSSR count). The van der Waals surface area contributed by atoms with Gasteiger partial charge < -0.3 is 14.7 Å². The maximum Gasteiger partial charge on any atom is 0.0900 e. The van der Waals surface area contributed by atoms with Crippen LogP contribution in [0.5, 0.6) is 0 Å². The van der Waals surface area contributed by atoms with Gasteiger partial charge in [0.2, 0.25) is 0 Å². The summed E-state index contributed by atoms with van der Waals surface area (Å²) in [7, 11) is 0. The number of anilines is 1. The largest absolute Gasteiger partial charge is 0.389 e. The molecule has 0 bridgehead atoms. The summed E-state index contributed by atoms with van der Waals surface area (Å²) in [4.78, 5) is 4.69. The number of aliphatic hydroxyl groups excluding tert-OH is 1. The summed E-state index contributed by atoms with van der Waals surface area (Å²) in [5, 5.41) is 10.1. The van der Waals surface area contributed by atoms with Crippen molar-refractivity contribution in [1.82, 2.24) is 4.90 Å². The van der Waals surface area contributed by atoms with Gasteiger partial charge in [0.05, 0.1) is 18.3 Å². The first-order valence-electron chi connectivity index (χ1n) is 7.98. The predicted molar refractivity (Wildman–Crippen MR) is 91.3 cm³/mol. The van der Waals surface area contributed by atoms with Crippen LogP contribution in [0.15, 0.2) is 43.0 Å². The molecule has 0 spiro atoms. The van der Waals surface area contributed by atoms with E-state index < -0.39 is 6.10 Å². The Bertz CT molecular complexity index is 453. The number of piperazine rings is 1. The first-order chi connectivity index (χ1) is 10.5. The topological polar surface area (TPSA) is 35.9 Å². The first-order valence-corrected chi connectivity index (χ1v) is 7.98. The number of aliphatic hydroxyl groups is 1. The summed E-state index contributed by atoms with van der Waals surface area (Å²) in [6, 6.07) is 10.5. The van der Waals surface area contributed by atoms with E-state index in [0.717, 1.165) is 26.2 Å². The Balaban J connectivity index is 1.72. The lowest BCUT2D eigenvalue weighted by molar-refractivity contribution is -0.0420. The number of ether oxygens (including phenoxy) is 1. The van der Waals surface area contributed by atoms with E-state index in [1.165, 1.54) is 5.69 Å². The van der Waals surface area contributed by atoms with E-state index in [0.29, 0.717) is 13.2 Å². The van der Waals surface area contributed by atoms with Crippen molar-refractivity contribution in [2.45, 2.75) is 25.6 Å². The molecule has 1 heterocycles. The van der Waals surface area contributed by atoms with Gasteiger partial charge in [-0.25, -0.2) is 0 Å². The second kappa shape index (κ2) is 7.77. The number of rotatable bonds is 7. The molecule has 1 aromatic rings. The SMILES string of the molecule is C=CC(C)(C)OCC(O)CN1CCN(c2ccccc2)CC1. The van der Waals surface area contributed by atoms with Gasteiger partial charge in [-0.1, -0.05) is 24.3 Å². The number of hydrogen-bond donors (Lipinski definition) is 1. The van der Waals surface area contributed by atoms with E-state index in [-0.39, 0.29) is 5.60 Å². The Morgan fingerprint density at radius 2 is 1.86 bits per heavy atom. The van der Waals surface area contributed by atoms with Gasteiger partial charge >= 0.3 is 0 Å². The van der Waals surface area contributed by atoms with Gasteiger partial charge in [0.15, 0.2) is 0 Å². The number of β-amino-alcohol motifs (C(OH)–C–C–N with tert-alkyl or cyclic N) is 1. The third kappa shape index (κ3) is 5.13. The number of para-hydroxylation sites is 1. The summed E-state index contributed by atoms with van der Waals surface area (Å²) >= 11 is 0. The lowest BCUT2D eigenvalue weighted by Gasteiger charge is -2.37. The molecule has 1 unspecified atom stereocenters. The fourth-order valence-corrected chi connectivity index (χ4v) is 2.55. The zero-order valence-corrected chi connectivity index (χ0v) is 13.7. The molecule has 1 fully saturated rings. The van der Waals surface area contributed by atoms with Crippen molar-refractivity contribution in [1.29, 1.82) is 0 Å². The van der Waals surface area contributed by atoms with E-state index in [9.17, 15) is 5.11 Å². The Kier molecular flexibility index (Phi) is 6.00. The van der Waals surface area contributed by atoms with E-state index in [1.807, 2.05) is 19.9 Å². The molecule has 122 valence electrons. The maximum absolute atomic E-state index is 10.1. The molecule has 1 N–H and O–H groups in total. The minimum Gasteiger partial charge on any atom is -0.389 e. The summed E-state index contributed by atoms with van der Waals surface area (Å²) in [5.41, 5.74) is 0.895. The molecule has 0 saturated carbocycles. The van der Waals surface area contributed by atoms with E-state index in [1.54, 1.807) is 6.08 Å². The highest BCUT2D eigenvalue weighted by molar-refractivity contribution is 5.46. The summed E-state index contributed by atoms with van der Waals surface area (Å²) in [6.45, 7) is 12.6. The van der Waals surface area contributed by atoms with Crippen molar-refractivity contribution < 1.29 is 9.84 Å². The quantitative estimate of drug-likeness (QED) is 0.783. The molecule has 1 atom stereocenters. The van der Waals surface area contributed by atoms with Crippen LogP contribution in [-0.4, -0.2) is 61.0 Å². The first kappa shape index (κ1) is 17.0. The van der Waals surface area contributed by atoms with Gasteiger partial charge in [-0.2, -0.15) is 0 Å². The molecular weight excluding hydrogens is 276 g/mol. The summed E-state index contributed by atoms with van der Waals surface area (Å²) in [5.74, 6) is 0. The maximum atomic E-state index is 10.1. The smallest absolute Gasteiger partial charge is 0.0900 e. The Morgan fingerprint density at radius 3 is 2.45 bits per heavy atom. The molecule has 1 saturated heterocycles. The van der Waals surface area contributed by atoms with Gasteiger partial charge in [-0.3, -0.25) is 4.90 Å². The Labute approximate surface area is 134 Å². The fourth-order valence-electron chi connectivity index (χ4n) is 2.55. The van der Waals surface area contributed by atoms with Crippen LogP contribution in [-0.2, 0) is 4.74 Å². The molecule has 0 radical (unpaired) electrons. The van der Waals surface area contributed by atoms with Gasteiger partial charge in [0.1, 0.15) is 0 Å². The number of nitrogens with zero attached hydrogens (tertiary/aromatic N) is 2. The van der Waals surface area contributed by atoms with E-state index in [4.69, 9.17) is 4.74 Å². The minimum atomic E-state index is -0.456. The lowest BCUT2D eigenvalue weighted by Crippen LogP contribution is -2.49. The van der Waals surface area contributed by atoms with Gasteiger partial charge in [-0.15, -0.1) is 6.58 Å². The molecule has 22 heavy (non-hydrogen) atoms. The van der Waals surface area contributed by atoms with Crippen molar-refractivity contribution in [3.8, 4) is 0 Å². The molecule has 1 aromatic carbocycles. The number of benzene rings is 1. The summed E-state index contributed by atoms with van der Waals surface area (Å²) in [6.07, 6.45) is 1.31. The highest BCUT2D eigenvalue weighted by Gasteiger charge is 2.21. The third-order valence-corrected chi connectivity index (χ3v) is 4.10. The van der Waals surface area contributed by atoms with Crippen LogP contribution < -0.4 is 4.90 Å². The van der Waals surface area contributed by atoms with Crippen molar-refractivity contribution in [2.75, 3.05) is 44.2 Å². The van der Waals surface area contributed by atoms with Crippen molar-refractivity contribution in [2.24, 2.45) is 0 Å². The monoisotopic (exact) mass is 304 g/mol. The molecular formula is C18H28N2O2. The van der Waals surface area contributed by atoms with Crippen LogP contribution in [0.1, 0.15) is 13.8 Å². The van der Waals surface area contributed by atoms with Crippen LogP contribution in [0, 0.1) is 0 Å². The highest BCUT2D eigenvalue weighted by Crippen LogP contribution is 2.16. The van der Waals surface area contributed by atoms with Gasteiger partial charge in [-0.05, 0) is 26.0 Å².